The molecule has 4 heteroatoms. The van der Waals surface area contributed by atoms with Gasteiger partial charge in [-0.1, -0.05) is 6.07 Å². The Hall–Kier alpha value is -1.13. The van der Waals surface area contributed by atoms with Crippen LogP contribution in [0.25, 0.3) is 0 Å². The third kappa shape index (κ3) is 4.46. The molecule has 0 radical (unpaired) electrons. The van der Waals surface area contributed by atoms with Crippen molar-refractivity contribution in [2.45, 2.75) is 39.3 Å². The highest BCUT2D eigenvalue weighted by Crippen LogP contribution is 2.35. The number of ether oxygens (including phenoxy) is 1. The molecule has 1 heterocycles. The van der Waals surface area contributed by atoms with E-state index in [0.717, 1.165) is 43.7 Å². The van der Waals surface area contributed by atoms with Crippen LogP contribution in [0.3, 0.4) is 0 Å². The summed E-state index contributed by atoms with van der Waals surface area (Å²) in [4.78, 5) is 7.18. The molecule has 1 fully saturated rings. The molecule has 1 N–H and O–H groups in total. The smallest absolute Gasteiger partial charge is 0.126 e. The van der Waals surface area contributed by atoms with Crippen LogP contribution in [0, 0.1) is 5.92 Å². The summed E-state index contributed by atoms with van der Waals surface area (Å²) in [6.07, 6.45) is 2.74. The van der Waals surface area contributed by atoms with Crippen molar-refractivity contribution >= 4 is 5.82 Å². The summed E-state index contributed by atoms with van der Waals surface area (Å²) >= 11 is 0. The van der Waals surface area contributed by atoms with E-state index in [-0.39, 0.29) is 0 Å². The Labute approximate surface area is 122 Å². The highest BCUT2D eigenvalue weighted by molar-refractivity contribution is 5.35. The molecule has 1 aromatic heterocycles. The molecule has 1 saturated carbocycles. The third-order valence-corrected chi connectivity index (χ3v) is 3.99. The Morgan fingerprint density at radius 1 is 1.45 bits per heavy atom. The lowest BCUT2D eigenvalue weighted by molar-refractivity contribution is 0.111. The van der Waals surface area contributed by atoms with E-state index in [4.69, 9.17) is 4.74 Å². The minimum atomic E-state index is 0.620. The SMILES string of the molecule is CCNc1cccc(CN(CCOC)C(C)C2CC2)n1. The zero-order valence-electron chi connectivity index (χ0n) is 12.9. The van der Waals surface area contributed by atoms with Crippen molar-refractivity contribution in [3.8, 4) is 0 Å². The van der Waals surface area contributed by atoms with Crippen LogP contribution in [0.4, 0.5) is 5.82 Å². The Morgan fingerprint density at radius 3 is 2.90 bits per heavy atom. The summed E-state index contributed by atoms with van der Waals surface area (Å²) in [6.45, 7) is 7.99. The summed E-state index contributed by atoms with van der Waals surface area (Å²) in [6, 6.07) is 6.84. The number of rotatable bonds is 9. The second-order valence-electron chi connectivity index (χ2n) is 5.59. The van der Waals surface area contributed by atoms with E-state index in [1.54, 1.807) is 7.11 Å². The average molecular weight is 277 g/mol. The summed E-state index contributed by atoms with van der Waals surface area (Å²) < 4.78 is 5.25. The maximum atomic E-state index is 5.25. The lowest BCUT2D eigenvalue weighted by Crippen LogP contribution is -2.36. The van der Waals surface area contributed by atoms with Crippen LogP contribution in [0.2, 0.25) is 0 Å². The molecule has 2 rings (SSSR count). The van der Waals surface area contributed by atoms with Gasteiger partial charge < -0.3 is 10.1 Å². The first kappa shape index (κ1) is 15.3. The predicted octanol–water partition coefficient (Wildman–Crippen LogP) is 2.76. The van der Waals surface area contributed by atoms with Crippen LogP contribution in [0.1, 0.15) is 32.4 Å². The third-order valence-electron chi connectivity index (χ3n) is 3.99. The maximum Gasteiger partial charge on any atom is 0.126 e. The molecule has 0 amide bonds. The van der Waals surface area contributed by atoms with Crippen LogP contribution < -0.4 is 5.32 Å². The molecule has 4 nitrogen and oxygen atoms in total. The molecule has 0 aliphatic heterocycles. The predicted molar refractivity (Wildman–Crippen MR) is 82.9 cm³/mol. The minimum Gasteiger partial charge on any atom is -0.383 e. The Balaban J connectivity index is 1.99. The molecule has 1 unspecified atom stereocenters. The van der Waals surface area contributed by atoms with E-state index < -0.39 is 0 Å². The van der Waals surface area contributed by atoms with Crippen molar-refractivity contribution in [3.63, 3.8) is 0 Å². The van der Waals surface area contributed by atoms with Crippen LogP contribution in [0.15, 0.2) is 18.2 Å². The van der Waals surface area contributed by atoms with E-state index in [0.29, 0.717) is 6.04 Å². The second-order valence-corrected chi connectivity index (χ2v) is 5.59. The van der Waals surface area contributed by atoms with Gasteiger partial charge in [0.25, 0.3) is 0 Å². The van der Waals surface area contributed by atoms with Crippen LogP contribution in [-0.4, -0.2) is 42.7 Å². The van der Waals surface area contributed by atoms with Crippen LogP contribution in [0.5, 0.6) is 0 Å². The van der Waals surface area contributed by atoms with Crippen LogP contribution >= 0.6 is 0 Å². The number of methoxy groups -OCH3 is 1. The molecular weight excluding hydrogens is 250 g/mol. The van der Waals surface area contributed by atoms with Gasteiger partial charge in [0, 0.05) is 32.8 Å². The molecular formula is C16H27N3O. The number of aromatic nitrogens is 1. The van der Waals surface area contributed by atoms with Gasteiger partial charge in [-0.3, -0.25) is 4.90 Å². The zero-order chi connectivity index (χ0) is 14.4. The van der Waals surface area contributed by atoms with Gasteiger partial charge in [0.2, 0.25) is 0 Å². The molecule has 0 spiro atoms. The Bertz CT molecular complexity index is 406. The van der Waals surface area contributed by atoms with Crippen molar-refractivity contribution in [2.75, 3.05) is 32.1 Å². The van der Waals surface area contributed by atoms with Gasteiger partial charge in [0.15, 0.2) is 0 Å². The highest BCUT2D eigenvalue weighted by atomic mass is 16.5. The van der Waals surface area contributed by atoms with Gasteiger partial charge in [-0.25, -0.2) is 4.98 Å². The van der Waals surface area contributed by atoms with Gasteiger partial charge in [0.1, 0.15) is 5.82 Å². The van der Waals surface area contributed by atoms with E-state index in [2.05, 4.69) is 41.2 Å². The van der Waals surface area contributed by atoms with Crippen molar-refractivity contribution < 1.29 is 4.74 Å². The molecule has 20 heavy (non-hydrogen) atoms. The quantitative estimate of drug-likeness (QED) is 0.753. The summed E-state index contributed by atoms with van der Waals surface area (Å²) in [7, 11) is 1.77. The minimum absolute atomic E-state index is 0.620. The molecule has 0 bridgehead atoms. The molecule has 1 atom stereocenters. The molecule has 1 aliphatic carbocycles. The molecule has 0 saturated heterocycles. The summed E-state index contributed by atoms with van der Waals surface area (Å²) in [5.41, 5.74) is 1.13. The fourth-order valence-electron chi connectivity index (χ4n) is 2.57. The van der Waals surface area contributed by atoms with Crippen LogP contribution in [-0.2, 0) is 11.3 Å². The van der Waals surface area contributed by atoms with E-state index in [1.165, 1.54) is 12.8 Å². The number of anilines is 1. The van der Waals surface area contributed by atoms with Crippen molar-refractivity contribution in [1.29, 1.82) is 0 Å². The molecule has 1 aliphatic rings. The lowest BCUT2D eigenvalue weighted by Gasteiger charge is -2.28. The van der Waals surface area contributed by atoms with Gasteiger partial charge in [-0.05, 0) is 44.7 Å². The second kappa shape index (κ2) is 7.60. The topological polar surface area (TPSA) is 37.4 Å². The van der Waals surface area contributed by atoms with Gasteiger partial charge in [-0.15, -0.1) is 0 Å². The summed E-state index contributed by atoms with van der Waals surface area (Å²) in [5.74, 6) is 1.83. The fourth-order valence-corrected chi connectivity index (χ4v) is 2.57. The van der Waals surface area contributed by atoms with Crippen molar-refractivity contribution in [3.05, 3.63) is 23.9 Å². The number of pyridine rings is 1. The first-order chi connectivity index (χ1) is 9.74. The molecule has 112 valence electrons. The van der Waals surface area contributed by atoms with Gasteiger partial charge >= 0.3 is 0 Å². The standard InChI is InChI=1S/C16H27N3O/c1-4-17-16-7-5-6-15(18-16)12-19(10-11-20-3)13(2)14-8-9-14/h5-7,13-14H,4,8-12H2,1-3H3,(H,17,18). The first-order valence-corrected chi connectivity index (χ1v) is 7.67. The monoisotopic (exact) mass is 277 g/mol. The maximum absolute atomic E-state index is 5.25. The first-order valence-electron chi connectivity index (χ1n) is 7.67. The van der Waals surface area contributed by atoms with Crippen molar-refractivity contribution in [2.24, 2.45) is 5.92 Å². The van der Waals surface area contributed by atoms with E-state index >= 15 is 0 Å². The Kier molecular flexibility index (Phi) is 5.80. The number of nitrogens with one attached hydrogen (secondary N) is 1. The number of hydrogen-bond acceptors (Lipinski definition) is 4. The fraction of sp³-hybridized carbons (Fsp3) is 0.688. The van der Waals surface area contributed by atoms with E-state index in [1.807, 2.05) is 6.07 Å². The lowest BCUT2D eigenvalue weighted by atomic mass is 10.1. The summed E-state index contributed by atoms with van der Waals surface area (Å²) in [5, 5.41) is 3.27. The zero-order valence-corrected chi connectivity index (χ0v) is 12.9. The number of nitrogens with zero attached hydrogens (tertiary/aromatic N) is 2. The van der Waals surface area contributed by atoms with Crippen molar-refractivity contribution in [1.82, 2.24) is 9.88 Å². The average Bonchev–Trinajstić information content (AvgIpc) is 3.28. The normalized spacial score (nSPS) is 16.4. The Morgan fingerprint density at radius 2 is 2.25 bits per heavy atom. The largest absolute Gasteiger partial charge is 0.383 e. The molecule has 1 aromatic rings. The number of hydrogen-bond donors (Lipinski definition) is 1. The molecule has 0 aromatic carbocycles. The van der Waals surface area contributed by atoms with E-state index in [9.17, 15) is 0 Å². The van der Waals surface area contributed by atoms with Gasteiger partial charge in [-0.2, -0.15) is 0 Å². The van der Waals surface area contributed by atoms with Gasteiger partial charge in [0.05, 0.1) is 12.3 Å². The highest BCUT2D eigenvalue weighted by Gasteiger charge is 2.31.